The molecule has 5 nitrogen and oxygen atoms in total. The molecule has 0 fully saturated rings. The molecule has 0 radical (unpaired) electrons. The lowest BCUT2D eigenvalue weighted by Crippen LogP contribution is -2.21. The van der Waals surface area contributed by atoms with Gasteiger partial charge >= 0.3 is 7.60 Å². The molecule has 0 spiro atoms. The Labute approximate surface area is 140 Å². The molecule has 0 unspecified atom stereocenters. The highest BCUT2D eigenvalue weighted by atomic mass is 32.1. The number of aromatic nitrogens is 1. The molecule has 0 saturated heterocycles. The summed E-state index contributed by atoms with van der Waals surface area (Å²) >= 11 is 1.57. The Bertz CT molecular complexity index is 723. The van der Waals surface area contributed by atoms with Crippen molar-refractivity contribution < 1.29 is 13.6 Å². The molecule has 126 valence electrons. The third-order valence-corrected chi connectivity index (χ3v) is 5.74. The molecule has 7 heteroatoms. The molecule has 2 aromatic heterocycles. The lowest BCUT2D eigenvalue weighted by atomic mass is 10.1. The molecule has 2 rings (SSSR count). The Morgan fingerprint density at radius 1 is 1.13 bits per heavy atom. The maximum absolute atomic E-state index is 12.9. The Morgan fingerprint density at radius 3 is 2.26 bits per heavy atom. The van der Waals surface area contributed by atoms with E-state index < -0.39 is 7.60 Å². The molecule has 23 heavy (non-hydrogen) atoms. The highest BCUT2D eigenvalue weighted by molar-refractivity contribution is 7.52. The van der Waals surface area contributed by atoms with Gasteiger partial charge < -0.3 is 13.6 Å². The van der Waals surface area contributed by atoms with E-state index in [9.17, 15) is 9.36 Å². The molecule has 2 heterocycles. The summed E-state index contributed by atoms with van der Waals surface area (Å²) in [5, 5.41) is 3.94. The van der Waals surface area contributed by atoms with E-state index in [4.69, 9.17) is 9.05 Å². The predicted octanol–water partition coefficient (Wildman–Crippen LogP) is 4.58. The van der Waals surface area contributed by atoms with E-state index in [0.29, 0.717) is 0 Å². The van der Waals surface area contributed by atoms with E-state index in [-0.39, 0.29) is 24.1 Å². The van der Waals surface area contributed by atoms with E-state index in [1.165, 1.54) is 10.6 Å². The summed E-state index contributed by atoms with van der Waals surface area (Å²) in [6, 6.07) is 5.33. The summed E-state index contributed by atoms with van der Waals surface area (Å²) in [7, 11) is -3.39. The Morgan fingerprint density at radius 2 is 1.78 bits per heavy atom. The van der Waals surface area contributed by atoms with Crippen molar-refractivity contribution in [1.82, 2.24) is 4.57 Å². The summed E-state index contributed by atoms with van der Waals surface area (Å²) in [5.41, 5.74) is 1.62. The second-order valence-electron chi connectivity index (χ2n) is 5.80. The van der Waals surface area contributed by atoms with Gasteiger partial charge in [0.2, 0.25) is 0 Å². The van der Waals surface area contributed by atoms with Gasteiger partial charge in [-0.3, -0.25) is 9.36 Å². The van der Waals surface area contributed by atoms with Gasteiger partial charge in [0.05, 0.1) is 12.2 Å². The smallest absolute Gasteiger partial charge is 0.305 e. The second-order valence-corrected chi connectivity index (χ2v) is 8.50. The minimum atomic E-state index is -3.39. The van der Waals surface area contributed by atoms with Crippen molar-refractivity contribution in [2.24, 2.45) is 0 Å². The van der Waals surface area contributed by atoms with Gasteiger partial charge in [0.15, 0.2) is 0 Å². The zero-order valence-electron chi connectivity index (χ0n) is 13.8. The fourth-order valence-electron chi connectivity index (χ4n) is 2.15. The van der Waals surface area contributed by atoms with Crippen LogP contribution in [0.2, 0.25) is 0 Å². The van der Waals surface area contributed by atoms with Gasteiger partial charge in [-0.2, -0.15) is 11.3 Å². The van der Waals surface area contributed by atoms with Gasteiger partial charge in [-0.15, -0.1) is 0 Å². The van der Waals surface area contributed by atoms with Crippen LogP contribution in [0.1, 0.15) is 27.7 Å². The van der Waals surface area contributed by atoms with E-state index in [1.807, 2.05) is 22.9 Å². The Balaban J connectivity index is 2.26. The minimum Gasteiger partial charge on any atom is -0.305 e. The molecule has 0 aromatic carbocycles. The quantitative estimate of drug-likeness (QED) is 0.682. The monoisotopic (exact) mass is 355 g/mol. The molecular weight excluding hydrogens is 333 g/mol. The molecule has 0 atom stereocenters. The SMILES string of the molecule is CC(C)OP(=O)(Cn1ccc(-c2ccsc2)cc1=O)OC(C)C. The average Bonchev–Trinajstić information content (AvgIpc) is 2.92. The number of thiophene rings is 1. The molecule has 0 saturated carbocycles. The standard InChI is InChI=1S/C16H22NO4PS/c1-12(2)20-22(19,21-13(3)4)11-17-7-5-14(9-16(17)18)15-6-8-23-10-15/h5-10,12-13H,11H2,1-4H3. The Kier molecular flexibility index (Phi) is 5.98. The van der Waals surface area contributed by atoms with Crippen molar-refractivity contribution >= 4 is 18.9 Å². The second kappa shape index (κ2) is 7.58. The van der Waals surface area contributed by atoms with Crippen molar-refractivity contribution in [3.8, 4) is 11.1 Å². The van der Waals surface area contributed by atoms with Crippen LogP contribution in [0, 0.1) is 0 Å². The highest BCUT2D eigenvalue weighted by Gasteiger charge is 2.28. The first kappa shape index (κ1) is 18.1. The highest BCUT2D eigenvalue weighted by Crippen LogP contribution is 2.51. The molecular formula is C16H22NO4PS. The fraction of sp³-hybridized carbons (Fsp3) is 0.438. The van der Waals surface area contributed by atoms with Crippen LogP contribution in [0.3, 0.4) is 0 Å². The van der Waals surface area contributed by atoms with Crippen LogP contribution in [0.15, 0.2) is 40.0 Å². The topological polar surface area (TPSA) is 57.5 Å². The molecule has 0 aliphatic rings. The van der Waals surface area contributed by atoms with Crippen LogP contribution < -0.4 is 5.56 Å². The van der Waals surface area contributed by atoms with Gasteiger partial charge in [-0.1, -0.05) is 0 Å². The van der Waals surface area contributed by atoms with E-state index in [0.717, 1.165) is 11.1 Å². The minimum absolute atomic E-state index is 0.0912. The van der Waals surface area contributed by atoms with E-state index >= 15 is 0 Å². The van der Waals surface area contributed by atoms with E-state index in [1.54, 1.807) is 45.2 Å². The predicted molar refractivity (Wildman–Crippen MR) is 94.1 cm³/mol. The molecule has 0 amide bonds. The van der Waals surface area contributed by atoms with Crippen molar-refractivity contribution in [1.29, 1.82) is 0 Å². The summed E-state index contributed by atoms with van der Waals surface area (Å²) in [6.07, 6.45) is 1.04. The normalized spacial score (nSPS) is 12.3. The lowest BCUT2D eigenvalue weighted by Gasteiger charge is -2.23. The molecule has 0 N–H and O–H groups in total. The number of rotatable bonds is 7. The summed E-state index contributed by atoms with van der Waals surface area (Å²) in [6.45, 7) is 7.16. The van der Waals surface area contributed by atoms with Crippen molar-refractivity contribution in [2.45, 2.75) is 46.2 Å². The molecule has 0 aliphatic carbocycles. The third-order valence-electron chi connectivity index (χ3n) is 2.92. The van der Waals surface area contributed by atoms with Crippen molar-refractivity contribution in [3.05, 3.63) is 45.5 Å². The molecule has 0 aliphatic heterocycles. The first-order valence-corrected chi connectivity index (χ1v) is 10.1. The van der Waals surface area contributed by atoms with Gasteiger partial charge in [-0.05, 0) is 61.7 Å². The number of pyridine rings is 1. The van der Waals surface area contributed by atoms with Crippen LogP contribution in [0.25, 0.3) is 11.1 Å². The van der Waals surface area contributed by atoms with Crippen LogP contribution in [-0.4, -0.2) is 16.8 Å². The first-order valence-electron chi connectivity index (χ1n) is 7.48. The van der Waals surface area contributed by atoms with Crippen LogP contribution >= 0.6 is 18.9 Å². The molecule has 2 aromatic rings. The molecule has 0 bridgehead atoms. The summed E-state index contributed by atoms with van der Waals surface area (Å²) in [5.74, 6) is 0. The summed E-state index contributed by atoms with van der Waals surface area (Å²) < 4.78 is 25.2. The van der Waals surface area contributed by atoms with Crippen LogP contribution in [-0.2, 0) is 19.9 Å². The summed E-state index contributed by atoms with van der Waals surface area (Å²) in [4.78, 5) is 12.3. The fourth-order valence-corrected chi connectivity index (χ4v) is 4.89. The Hall–Kier alpha value is -1.20. The number of hydrogen-bond acceptors (Lipinski definition) is 5. The van der Waals surface area contributed by atoms with Gasteiger partial charge in [0.25, 0.3) is 5.56 Å². The van der Waals surface area contributed by atoms with Gasteiger partial charge in [-0.25, -0.2) is 0 Å². The van der Waals surface area contributed by atoms with Gasteiger partial charge in [0, 0.05) is 12.3 Å². The zero-order chi connectivity index (χ0) is 17.0. The van der Waals surface area contributed by atoms with E-state index in [2.05, 4.69) is 0 Å². The van der Waals surface area contributed by atoms with Gasteiger partial charge in [0.1, 0.15) is 6.29 Å². The maximum atomic E-state index is 12.9. The number of hydrogen-bond donors (Lipinski definition) is 0. The third kappa shape index (κ3) is 5.15. The average molecular weight is 355 g/mol. The lowest BCUT2D eigenvalue weighted by molar-refractivity contribution is 0.138. The number of nitrogens with zero attached hydrogens (tertiary/aromatic N) is 1. The van der Waals surface area contributed by atoms with Crippen molar-refractivity contribution in [3.63, 3.8) is 0 Å². The van der Waals surface area contributed by atoms with Crippen molar-refractivity contribution in [2.75, 3.05) is 0 Å². The van der Waals surface area contributed by atoms with Crippen LogP contribution in [0.4, 0.5) is 0 Å². The first-order chi connectivity index (χ1) is 10.8. The largest absolute Gasteiger partial charge is 0.350 e. The van der Waals surface area contributed by atoms with Crippen LogP contribution in [0.5, 0.6) is 0 Å². The maximum Gasteiger partial charge on any atom is 0.350 e. The zero-order valence-corrected chi connectivity index (χ0v) is 15.5.